The first kappa shape index (κ1) is 13.0. The molecule has 0 aromatic carbocycles. The molecule has 1 amide bonds. The molecule has 0 fully saturated rings. The largest absolute Gasteiger partial charge is 0.444 e. The molecule has 0 saturated carbocycles. The van der Waals surface area contributed by atoms with Gasteiger partial charge >= 0.3 is 6.09 Å². The monoisotopic (exact) mass is 242 g/mol. The Bertz CT molecular complexity index is 330. The average molecular weight is 242 g/mol. The molecule has 1 aromatic heterocycles. The van der Waals surface area contributed by atoms with Gasteiger partial charge in [0.15, 0.2) is 0 Å². The Balaban J connectivity index is 2.32. The molecule has 0 bridgehead atoms. The van der Waals surface area contributed by atoms with Crippen molar-refractivity contribution in [2.75, 3.05) is 6.54 Å². The van der Waals surface area contributed by atoms with Crippen molar-refractivity contribution in [1.29, 1.82) is 0 Å². The van der Waals surface area contributed by atoms with E-state index in [1.54, 1.807) is 11.3 Å². The molecule has 4 nitrogen and oxygen atoms in total. The smallest absolute Gasteiger partial charge is 0.407 e. The number of thiophene rings is 1. The summed E-state index contributed by atoms with van der Waals surface area (Å²) in [6, 6.07) is 3.71. The van der Waals surface area contributed by atoms with Crippen LogP contribution in [0.4, 0.5) is 4.79 Å². The first-order valence-electron chi connectivity index (χ1n) is 5.14. The van der Waals surface area contributed by atoms with Gasteiger partial charge in [-0.1, -0.05) is 6.07 Å². The van der Waals surface area contributed by atoms with Crippen molar-refractivity contribution in [3.8, 4) is 0 Å². The van der Waals surface area contributed by atoms with Gasteiger partial charge in [-0.2, -0.15) is 0 Å². The lowest BCUT2D eigenvalue weighted by Crippen LogP contribution is -2.36. The van der Waals surface area contributed by atoms with Gasteiger partial charge in [-0.15, -0.1) is 11.3 Å². The summed E-state index contributed by atoms with van der Waals surface area (Å²) in [7, 11) is 0. The third-order valence-corrected chi connectivity index (χ3v) is 2.78. The van der Waals surface area contributed by atoms with Crippen LogP contribution in [0.25, 0.3) is 0 Å². The number of hydrogen-bond acceptors (Lipinski definition) is 4. The van der Waals surface area contributed by atoms with Gasteiger partial charge in [0.2, 0.25) is 0 Å². The Hall–Kier alpha value is -1.07. The highest BCUT2D eigenvalue weighted by Gasteiger charge is 2.16. The molecule has 90 valence electrons. The van der Waals surface area contributed by atoms with Gasteiger partial charge in [0, 0.05) is 11.4 Å². The summed E-state index contributed by atoms with van der Waals surface area (Å²) in [6.45, 7) is 5.86. The van der Waals surface area contributed by atoms with Crippen LogP contribution >= 0.6 is 11.3 Å². The van der Waals surface area contributed by atoms with Gasteiger partial charge in [-0.05, 0) is 32.2 Å². The second-order valence-corrected chi connectivity index (χ2v) is 5.48. The van der Waals surface area contributed by atoms with E-state index in [0.29, 0.717) is 6.54 Å². The SMILES string of the molecule is CC(C)(C)OC(=O)NCC(N)c1cccs1. The summed E-state index contributed by atoms with van der Waals surface area (Å²) in [5.74, 6) is 0. The first-order valence-corrected chi connectivity index (χ1v) is 6.02. The van der Waals surface area contributed by atoms with Crippen molar-refractivity contribution in [1.82, 2.24) is 5.32 Å². The van der Waals surface area contributed by atoms with Crippen LogP contribution in [0.1, 0.15) is 31.7 Å². The molecule has 16 heavy (non-hydrogen) atoms. The van der Waals surface area contributed by atoms with Gasteiger partial charge in [0.05, 0.1) is 6.04 Å². The van der Waals surface area contributed by atoms with E-state index in [1.165, 1.54) is 0 Å². The van der Waals surface area contributed by atoms with Gasteiger partial charge in [0.25, 0.3) is 0 Å². The van der Waals surface area contributed by atoms with E-state index in [9.17, 15) is 4.79 Å². The lowest BCUT2D eigenvalue weighted by Gasteiger charge is -2.20. The van der Waals surface area contributed by atoms with Gasteiger partial charge in [-0.25, -0.2) is 4.79 Å². The number of rotatable bonds is 3. The first-order chi connectivity index (χ1) is 7.38. The van der Waals surface area contributed by atoms with E-state index in [2.05, 4.69) is 5.32 Å². The maximum Gasteiger partial charge on any atom is 0.407 e. The summed E-state index contributed by atoms with van der Waals surface area (Å²) in [4.78, 5) is 12.4. The molecule has 1 rings (SSSR count). The topological polar surface area (TPSA) is 64.3 Å². The Labute approximate surface area is 99.8 Å². The fourth-order valence-corrected chi connectivity index (χ4v) is 1.84. The van der Waals surface area contributed by atoms with Crippen LogP contribution in [0.15, 0.2) is 17.5 Å². The molecule has 1 aromatic rings. The lowest BCUT2D eigenvalue weighted by molar-refractivity contribution is 0.0524. The van der Waals surface area contributed by atoms with E-state index in [4.69, 9.17) is 10.5 Å². The highest BCUT2D eigenvalue weighted by Crippen LogP contribution is 2.15. The summed E-state index contributed by atoms with van der Waals surface area (Å²) < 4.78 is 5.10. The minimum Gasteiger partial charge on any atom is -0.444 e. The zero-order valence-corrected chi connectivity index (χ0v) is 10.6. The highest BCUT2D eigenvalue weighted by molar-refractivity contribution is 7.10. The van der Waals surface area contributed by atoms with Crippen LogP contribution in [0.2, 0.25) is 0 Å². The summed E-state index contributed by atoms with van der Waals surface area (Å²) >= 11 is 1.58. The molecule has 0 saturated heterocycles. The number of alkyl carbamates (subject to hydrolysis) is 1. The summed E-state index contributed by atoms with van der Waals surface area (Å²) in [6.07, 6.45) is -0.431. The lowest BCUT2D eigenvalue weighted by atomic mass is 10.2. The van der Waals surface area contributed by atoms with Crippen molar-refractivity contribution in [3.05, 3.63) is 22.4 Å². The maximum atomic E-state index is 11.3. The van der Waals surface area contributed by atoms with Crippen LogP contribution in [-0.4, -0.2) is 18.2 Å². The maximum absolute atomic E-state index is 11.3. The number of hydrogen-bond donors (Lipinski definition) is 2. The van der Waals surface area contributed by atoms with Crippen LogP contribution in [0.5, 0.6) is 0 Å². The molecule has 1 atom stereocenters. The van der Waals surface area contributed by atoms with Crippen molar-refractivity contribution >= 4 is 17.4 Å². The number of ether oxygens (including phenoxy) is 1. The van der Waals surface area contributed by atoms with E-state index in [0.717, 1.165) is 4.88 Å². The van der Waals surface area contributed by atoms with Crippen molar-refractivity contribution in [2.45, 2.75) is 32.4 Å². The van der Waals surface area contributed by atoms with Crippen LogP contribution in [0.3, 0.4) is 0 Å². The third kappa shape index (κ3) is 4.63. The van der Waals surface area contributed by atoms with E-state index in [1.807, 2.05) is 38.3 Å². The third-order valence-electron chi connectivity index (χ3n) is 1.77. The van der Waals surface area contributed by atoms with Gasteiger partial charge in [0.1, 0.15) is 5.60 Å². The molecule has 0 spiro atoms. The predicted octanol–water partition coefficient (Wildman–Crippen LogP) is 2.27. The van der Waals surface area contributed by atoms with Crippen LogP contribution in [-0.2, 0) is 4.74 Å². The molecule has 0 aliphatic heterocycles. The highest BCUT2D eigenvalue weighted by atomic mass is 32.1. The number of carbonyl (C=O) groups is 1. The Morgan fingerprint density at radius 3 is 2.81 bits per heavy atom. The van der Waals surface area contributed by atoms with Crippen LogP contribution in [0, 0.1) is 0 Å². The van der Waals surface area contributed by atoms with E-state index >= 15 is 0 Å². The molecule has 0 aliphatic carbocycles. The molecule has 5 heteroatoms. The number of nitrogens with two attached hydrogens (primary N) is 1. The molecule has 3 N–H and O–H groups in total. The van der Waals surface area contributed by atoms with E-state index in [-0.39, 0.29) is 6.04 Å². The summed E-state index contributed by atoms with van der Waals surface area (Å²) in [5, 5.41) is 4.61. The van der Waals surface area contributed by atoms with Crippen LogP contribution < -0.4 is 11.1 Å². The van der Waals surface area contributed by atoms with Gasteiger partial charge < -0.3 is 15.8 Å². The minimum atomic E-state index is -0.475. The second kappa shape index (κ2) is 5.32. The Morgan fingerprint density at radius 2 is 2.31 bits per heavy atom. The molecular weight excluding hydrogens is 224 g/mol. The summed E-state index contributed by atoms with van der Waals surface area (Å²) in [5.41, 5.74) is 5.42. The zero-order chi connectivity index (χ0) is 12.2. The molecule has 1 heterocycles. The molecule has 1 unspecified atom stereocenters. The fraction of sp³-hybridized carbons (Fsp3) is 0.545. The second-order valence-electron chi connectivity index (χ2n) is 4.50. The zero-order valence-electron chi connectivity index (χ0n) is 9.82. The van der Waals surface area contributed by atoms with Gasteiger partial charge in [-0.3, -0.25) is 0 Å². The normalized spacial score (nSPS) is 13.2. The minimum absolute atomic E-state index is 0.174. The molecular formula is C11H18N2O2S. The number of amides is 1. The average Bonchev–Trinajstić information content (AvgIpc) is 2.64. The quantitative estimate of drug-likeness (QED) is 0.854. The Kier molecular flexibility index (Phi) is 4.32. The Morgan fingerprint density at radius 1 is 1.62 bits per heavy atom. The van der Waals surface area contributed by atoms with Crippen molar-refractivity contribution in [3.63, 3.8) is 0 Å². The predicted molar refractivity (Wildman–Crippen MR) is 65.5 cm³/mol. The molecule has 0 aliphatic rings. The number of carbonyl (C=O) groups excluding carboxylic acids is 1. The molecule has 0 radical (unpaired) electrons. The standard InChI is InChI=1S/C11H18N2O2S/c1-11(2,3)15-10(14)13-7-8(12)9-5-4-6-16-9/h4-6,8H,7,12H2,1-3H3,(H,13,14). The van der Waals surface area contributed by atoms with Crippen molar-refractivity contribution in [2.24, 2.45) is 5.73 Å². The number of nitrogens with one attached hydrogen (secondary N) is 1. The van der Waals surface area contributed by atoms with E-state index < -0.39 is 11.7 Å². The van der Waals surface area contributed by atoms with Crippen molar-refractivity contribution < 1.29 is 9.53 Å². The fourth-order valence-electron chi connectivity index (χ4n) is 1.11.